The molecular formula is C14H16FN3O2S. The summed E-state index contributed by atoms with van der Waals surface area (Å²) >= 11 is 1.39. The second-order valence-electron chi connectivity index (χ2n) is 4.38. The van der Waals surface area contributed by atoms with Gasteiger partial charge in [0.05, 0.1) is 18.4 Å². The maximum atomic E-state index is 13.2. The molecule has 0 aliphatic rings. The van der Waals surface area contributed by atoms with E-state index in [1.807, 2.05) is 5.38 Å². The van der Waals surface area contributed by atoms with Gasteiger partial charge in [0, 0.05) is 11.9 Å². The van der Waals surface area contributed by atoms with Crippen LogP contribution in [0.2, 0.25) is 0 Å². The van der Waals surface area contributed by atoms with Crippen LogP contribution in [0.25, 0.3) is 0 Å². The van der Waals surface area contributed by atoms with Crippen molar-refractivity contribution in [2.45, 2.75) is 12.8 Å². The van der Waals surface area contributed by atoms with E-state index in [1.54, 1.807) is 0 Å². The van der Waals surface area contributed by atoms with E-state index in [-0.39, 0.29) is 11.5 Å². The van der Waals surface area contributed by atoms with Gasteiger partial charge >= 0.3 is 0 Å². The smallest absolute Gasteiger partial charge is 0.255 e. The lowest BCUT2D eigenvalue weighted by Crippen LogP contribution is -2.25. The number of methoxy groups -OCH3 is 1. The van der Waals surface area contributed by atoms with Gasteiger partial charge in [0.1, 0.15) is 11.6 Å². The van der Waals surface area contributed by atoms with Gasteiger partial charge in [-0.25, -0.2) is 9.37 Å². The molecule has 0 saturated carbocycles. The molecule has 7 heteroatoms. The summed E-state index contributed by atoms with van der Waals surface area (Å²) in [5, 5.41) is 5.17. The van der Waals surface area contributed by atoms with Crippen LogP contribution in [0.15, 0.2) is 23.6 Å². The number of nitrogen functional groups attached to an aromatic ring is 1. The predicted molar refractivity (Wildman–Crippen MR) is 80.1 cm³/mol. The number of carbonyl (C=O) groups excluding carboxylic acids is 1. The van der Waals surface area contributed by atoms with E-state index >= 15 is 0 Å². The fraction of sp³-hybridized carbons (Fsp3) is 0.286. The van der Waals surface area contributed by atoms with Crippen molar-refractivity contribution in [2.75, 3.05) is 19.4 Å². The van der Waals surface area contributed by atoms with Crippen molar-refractivity contribution >= 4 is 22.4 Å². The second kappa shape index (κ2) is 7.03. The lowest BCUT2D eigenvalue weighted by Gasteiger charge is -2.09. The van der Waals surface area contributed by atoms with Gasteiger partial charge < -0.3 is 15.8 Å². The van der Waals surface area contributed by atoms with E-state index in [0.717, 1.165) is 24.6 Å². The number of nitrogens with zero attached hydrogens (tertiary/aromatic N) is 1. The highest BCUT2D eigenvalue weighted by molar-refractivity contribution is 7.13. The monoisotopic (exact) mass is 309 g/mol. The number of benzene rings is 1. The standard InChI is InChI=1S/C14H16FN3O2S/c1-20-12-5-4-9(15)7-11(12)13(19)17-6-2-3-10-8-21-14(16)18-10/h4-5,7-8H,2-3,6H2,1H3,(H2,16,18)(H,17,19). The van der Waals surface area contributed by atoms with Gasteiger partial charge in [-0.2, -0.15) is 0 Å². The van der Waals surface area contributed by atoms with E-state index in [9.17, 15) is 9.18 Å². The summed E-state index contributed by atoms with van der Waals surface area (Å²) in [4.78, 5) is 16.1. The van der Waals surface area contributed by atoms with Gasteiger partial charge in [-0.15, -0.1) is 11.3 Å². The highest BCUT2D eigenvalue weighted by Crippen LogP contribution is 2.19. The molecule has 0 spiro atoms. The number of nitrogens with two attached hydrogens (primary N) is 1. The molecule has 5 nitrogen and oxygen atoms in total. The topological polar surface area (TPSA) is 77.2 Å². The van der Waals surface area contributed by atoms with Gasteiger partial charge in [-0.1, -0.05) is 0 Å². The van der Waals surface area contributed by atoms with Crippen LogP contribution in [0.3, 0.4) is 0 Å². The molecule has 0 aliphatic carbocycles. The molecule has 0 saturated heterocycles. The van der Waals surface area contributed by atoms with Crippen molar-refractivity contribution in [2.24, 2.45) is 0 Å². The largest absolute Gasteiger partial charge is 0.496 e. The summed E-state index contributed by atoms with van der Waals surface area (Å²) in [6, 6.07) is 3.85. The summed E-state index contributed by atoms with van der Waals surface area (Å²) in [5.74, 6) is -0.482. The molecule has 21 heavy (non-hydrogen) atoms. The summed E-state index contributed by atoms with van der Waals surface area (Å²) in [7, 11) is 1.44. The summed E-state index contributed by atoms with van der Waals surface area (Å²) in [6.45, 7) is 0.468. The molecule has 1 aromatic heterocycles. The summed E-state index contributed by atoms with van der Waals surface area (Å²) in [6.07, 6.45) is 1.46. The lowest BCUT2D eigenvalue weighted by atomic mass is 10.1. The van der Waals surface area contributed by atoms with Crippen molar-refractivity contribution in [3.63, 3.8) is 0 Å². The molecule has 0 fully saturated rings. The number of hydrogen-bond donors (Lipinski definition) is 2. The zero-order valence-corrected chi connectivity index (χ0v) is 12.4. The number of carbonyl (C=O) groups is 1. The Morgan fingerprint density at radius 3 is 3.00 bits per heavy atom. The van der Waals surface area contributed by atoms with Gasteiger partial charge in [0.15, 0.2) is 5.13 Å². The average molecular weight is 309 g/mol. The van der Waals surface area contributed by atoms with Gasteiger partial charge in [0.2, 0.25) is 0 Å². The van der Waals surface area contributed by atoms with Gasteiger partial charge in [-0.3, -0.25) is 4.79 Å². The normalized spacial score (nSPS) is 10.4. The third-order valence-corrected chi connectivity index (χ3v) is 3.59. The first kappa shape index (κ1) is 15.2. The number of amides is 1. The van der Waals surface area contributed by atoms with E-state index in [0.29, 0.717) is 17.4 Å². The first-order valence-corrected chi connectivity index (χ1v) is 7.29. The Morgan fingerprint density at radius 1 is 1.52 bits per heavy atom. The van der Waals surface area contributed by atoms with Crippen LogP contribution in [0.1, 0.15) is 22.5 Å². The molecular weight excluding hydrogens is 293 g/mol. The molecule has 0 bridgehead atoms. The maximum Gasteiger partial charge on any atom is 0.255 e. The van der Waals surface area contributed by atoms with E-state index < -0.39 is 5.82 Å². The first-order valence-electron chi connectivity index (χ1n) is 6.42. The number of hydrogen-bond acceptors (Lipinski definition) is 5. The van der Waals surface area contributed by atoms with Crippen LogP contribution in [-0.4, -0.2) is 24.5 Å². The molecule has 1 heterocycles. The number of anilines is 1. The van der Waals surface area contributed by atoms with Crippen LogP contribution in [0.5, 0.6) is 5.75 Å². The molecule has 0 atom stereocenters. The van der Waals surface area contributed by atoms with Crippen molar-refractivity contribution in [1.82, 2.24) is 10.3 Å². The van der Waals surface area contributed by atoms with E-state index in [2.05, 4.69) is 10.3 Å². The fourth-order valence-electron chi connectivity index (χ4n) is 1.86. The third kappa shape index (κ3) is 4.16. The highest BCUT2D eigenvalue weighted by Gasteiger charge is 2.12. The van der Waals surface area contributed by atoms with E-state index in [1.165, 1.54) is 30.6 Å². The molecule has 112 valence electrons. The van der Waals surface area contributed by atoms with Crippen molar-refractivity contribution in [3.8, 4) is 5.75 Å². The minimum atomic E-state index is -0.473. The average Bonchev–Trinajstić information content (AvgIpc) is 2.89. The van der Waals surface area contributed by atoms with Gasteiger partial charge in [0.25, 0.3) is 5.91 Å². The van der Waals surface area contributed by atoms with Crippen molar-refractivity contribution in [3.05, 3.63) is 40.7 Å². The highest BCUT2D eigenvalue weighted by atomic mass is 32.1. The molecule has 0 radical (unpaired) electrons. The number of ether oxygens (including phenoxy) is 1. The summed E-state index contributed by atoms with van der Waals surface area (Å²) < 4.78 is 18.3. The minimum Gasteiger partial charge on any atom is -0.496 e. The van der Waals surface area contributed by atoms with Crippen LogP contribution < -0.4 is 15.8 Å². The van der Waals surface area contributed by atoms with Crippen LogP contribution in [0.4, 0.5) is 9.52 Å². The number of rotatable bonds is 6. The third-order valence-electron chi connectivity index (χ3n) is 2.87. The van der Waals surface area contributed by atoms with Crippen molar-refractivity contribution < 1.29 is 13.9 Å². The van der Waals surface area contributed by atoms with Crippen LogP contribution in [-0.2, 0) is 6.42 Å². The molecule has 0 aliphatic heterocycles. The first-order chi connectivity index (χ1) is 10.1. The zero-order valence-electron chi connectivity index (χ0n) is 11.6. The summed E-state index contributed by atoms with van der Waals surface area (Å²) in [5.41, 5.74) is 6.64. The predicted octanol–water partition coefficient (Wildman–Crippen LogP) is 2.24. The quantitative estimate of drug-likeness (QED) is 0.802. The molecule has 0 unspecified atom stereocenters. The van der Waals surface area contributed by atoms with Crippen molar-refractivity contribution in [1.29, 1.82) is 0 Å². The molecule has 2 aromatic rings. The maximum absolute atomic E-state index is 13.2. The molecule has 1 amide bonds. The number of halogens is 1. The number of aryl methyl sites for hydroxylation is 1. The number of thiazole rings is 1. The number of aromatic nitrogens is 1. The minimum absolute atomic E-state index is 0.190. The van der Waals surface area contributed by atoms with Crippen LogP contribution >= 0.6 is 11.3 Å². The Bertz CT molecular complexity index is 630. The Morgan fingerprint density at radius 2 is 2.33 bits per heavy atom. The Labute approximate surface area is 126 Å². The Kier molecular flexibility index (Phi) is 5.10. The molecule has 3 N–H and O–H groups in total. The lowest BCUT2D eigenvalue weighted by molar-refractivity contribution is 0.0949. The van der Waals surface area contributed by atoms with Gasteiger partial charge in [-0.05, 0) is 31.0 Å². The Hall–Kier alpha value is -2.15. The number of nitrogens with one attached hydrogen (secondary N) is 1. The molecule has 1 aromatic carbocycles. The van der Waals surface area contributed by atoms with Crippen LogP contribution in [0, 0.1) is 5.82 Å². The second-order valence-corrected chi connectivity index (χ2v) is 5.27. The Balaban J connectivity index is 1.85. The fourth-order valence-corrected chi connectivity index (χ4v) is 2.46. The molecule has 2 rings (SSSR count). The zero-order chi connectivity index (χ0) is 15.2. The SMILES string of the molecule is COc1ccc(F)cc1C(=O)NCCCc1csc(N)n1. The van der Waals surface area contributed by atoms with E-state index in [4.69, 9.17) is 10.5 Å².